The van der Waals surface area contributed by atoms with Gasteiger partial charge in [0.05, 0.1) is 0 Å². The maximum atomic E-state index is 5.92. The molecule has 0 atom stereocenters. The van der Waals surface area contributed by atoms with Gasteiger partial charge in [-0.25, -0.2) is 4.98 Å². The SMILES string of the molecule is CCNc1ncc(C)c(Oc2ccc(C(C)C)c(C)c2)n1. The third-order valence-corrected chi connectivity index (χ3v) is 3.34. The van der Waals surface area contributed by atoms with Crippen molar-refractivity contribution < 1.29 is 4.74 Å². The second-order valence-corrected chi connectivity index (χ2v) is 5.49. The summed E-state index contributed by atoms with van der Waals surface area (Å²) >= 11 is 0. The molecule has 0 saturated carbocycles. The smallest absolute Gasteiger partial charge is 0.226 e. The van der Waals surface area contributed by atoms with Crippen LogP contribution >= 0.6 is 0 Å². The van der Waals surface area contributed by atoms with Gasteiger partial charge in [0, 0.05) is 18.3 Å². The van der Waals surface area contributed by atoms with Gasteiger partial charge in [-0.15, -0.1) is 0 Å². The van der Waals surface area contributed by atoms with Crippen molar-refractivity contribution in [2.75, 3.05) is 11.9 Å². The lowest BCUT2D eigenvalue weighted by Gasteiger charge is -2.13. The highest BCUT2D eigenvalue weighted by Gasteiger charge is 2.09. The van der Waals surface area contributed by atoms with Crippen molar-refractivity contribution in [3.8, 4) is 11.6 Å². The molecule has 1 aromatic heterocycles. The minimum absolute atomic E-state index is 0.514. The zero-order valence-corrected chi connectivity index (χ0v) is 13.4. The predicted octanol–water partition coefficient (Wildman–Crippen LogP) is 4.44. The van der Waals surface area contributed by atoms with Crippen molar-refractivity contribution in [2.24, 2.45) is 0 Å². The van der Waals surface area contributed by atoms with Crippen LogP contribution in [-0.2, 0) is 0 Å². The van der Waals surface area contributed by atoms with Gasteiger partial charge in [-0.2, -0.15) is 4.98 Å². The fraction of sp³-hybridized carbons (Fsp3) is 0.412. The highest BCUT2D eigenvalue weighted by atomic mass is 16.5. The van der Waals surface area contributed by atoms with E-state index < -0.39 is 0 Å². The molecule has 1 N–H and O–H groups in total. The number of aromatic nitrogens is 2. The fourth-order valence-electron chi connectivity index (χ4n) is 2.24. The van der Waals surface area contributed by atoms with Crippen LogP contribution in [0.4, 0.5) is 5.95 Å². The molecule has 0 spiro atoms. The Bertz CT molecular complexity index is 623. The predicted molar refractivity (Wildman–Crippen MR) is 86.3 cm³/mol. The molecule has 0 aliphatic rings. The summed E-state index contributed by atoms with van der Waals surface area (Å²) in [6, 6.07) is 6.18. The second kappa shape index (κ2) is 6.57. The highest BCUT2D eigenvalue weighted by molar-refractivity contribution is 5.40. The third-order valence-electron chi connectivity index (χ3n) is 3.34. The van der Waals surface area contributed by atoms with E-state index in [0.29, 0.717) is 17.7 Å². The first-order valence-electron chi connectivity index (χ1n) is 7.37. The first kappa shape index (κ1) is 15.3. The van der Waals surface area contributed by atoms with Gasteiger partial charge in [0.1, 0.15) is 5.75 Å². The summed E-state index contributed by atoms with van der Waals surface area (Å²) in [5.41, 5.74) is 3.50. The van der Waals surface area contributed by atoms with Gasteiger partial charge in [-0.3, -0.25) is 0 Å². The normalized spacial score (nSPS) is 10.8. The fourth-order valence-corrected chi connectivity index (χ4v) is 2.24. The number of anilines is 1. The average molecular weight is 285 g/mol. The average Bonchev–Trinajstić information content (AvgIpc) is 2.42. The van der Waals surface area contributed by atoms with E-state index in [1.165, 1.54) is 11.1 Å². The van der Waals surface area contributed by atoms with Crippen molar-refractivity contribution in [2.45, 2.75) is 40.5 Å². The molecule has 2 aromatic rings. The molecule has 0 amide bonds. The van der Waals surface area contributed by atoms with Gasteiger partial charge in [-0.05, 0) is 49.9 Å². The number of rotatable bonds is 5. The molecule has 0 saturated heterocycles. The molecule has 0 aliphatic carbocycles. The summed E-state index contributed by atoms with van der Waals surface area (Å²) < 4.78 is 5.92. The maximum Gasteiger partial charge on any atom is 0.226 e. The van der Waals surface area contributed by atoms with E-state index in [1.54, 1.807) is 6.20 Å². The summed E-state index contributed by atoms with van der Waals surface area (Å²) in [5, 5.41) is 3.09. The van der Waals surface area contributed by atoms with E-state index in [-0.39, 0.29) is 0 Å². The Balaban J connectivity index is 2.25. The Labute approximate surface area is 126 Å². The minimum atomic E-state index is 0.514. The molecule has 0 radical (unpaired) electrons. The molecule has 1 aromatic carbocycles. The molecule has 0 bridgehead atoms. The van der Waals surface area contributed by atoms with Crippen LogP contribution in [0.2, 0.25) is 0 Å². The molecular formula is C17H23N3O. The van der Waals surface area contributed by atoms with Gasteiger partial charge in [-0.1, -0.05) is 19.9 Å². The quantitative estimate of drug-likeness (QED) is 0.882. The lowest BCUT2D eigenvalue weighted by Crippen LogP contribution is -2.04. The molecule has 0 fully saturated rings. The van der Waals surface area contributed by atoms with Crippen molar-refractivity contribution in [1.82, 2.24) is 9.97 Å². The van der Waals surface area contributed by atoms with Crippen LogP contribution in [0.15, 0.2) is 24.4 Å². The van der Waals surface area contributed by atoms with Crippen LogP contribution < -0.4 is 10.1 Å². The van der Waals surface area contributed by atoms with Gasteiger partial charge < -0.3 is 10.1 Å². The van der Waals surface area contributed by atoms with E-state index in [2.05, 4.69) is 48.2 Å². The van der Waals surface area contributed by atoms with Crippen LogP contribution in [0.1, 0.15) is 43.4 Å². The molecule has 0 aliphatic heterocycles. The third kappa shape index (κ3) is 3.72. The standard InChI is InChI=1S/C17H23N3O/c1-6-18-17-19-10-13(5)16(20-17)21-14-7-8-15(11(2)3)12(4)9-14/h7-11H,6H2,1-5H3,(H,18,19,20). The van der Waals surface area contributed by atoms with Crippen LogP contribution in [0.3, 0.4) is 0 Å². The molecule has 21 heavy (non-hydrogen) atoms. The van der Waals surface area contributed by atoms with E-state index in [1.807, 2.05) is 19.9 Å². The topological polar surface area (TPSA) is 47.0 Å². The molecular weight excluding hydrogens is 262 g/mol. The maximum absolute atomic E-state index is 5.92. The minimum Gasteiger partial charge on any atom is -0.439 e. The second-order valence-electron chi connectivity index (χ2n) is 5.49. The van der Waals surface area contributed by atoms with E-state index in [4.69, 9.17) is 4.74 Å². The van der Waals surface area contributed by atoms with Gasteiger partial charge in [0.2, 0.25) is 11.8 Å². The van der Waals surface area contributed by atoms with Gasteiger partial charge >= 0.3 is 0 Å². The Morgan fingerprint density at radius 2 is 1.95 bits per heavy atom. The molecule has 112 valence electrons. The number of nitrogens with zero attached hydrogens (tertiary/aromatic N) is 2. The lowest BCUT2D eigenvalue weighted by atomic mass is 9.98. The zero-order chi connectivity index (χ0) is 15.4. The Morgan fingerprint density at radius 1 is 1.19 bits per heavy atom. The molecule has 1 heterocycles. The summed E-state index contributed by atoms with van der Waals surface area (Å²) in [7, 11) is 0. The first-order chi connectivity index (χ1) is 10.0. The lowest BCUT2D eigenvalue weighted by molar-refractivity contribution is 0.457. The first-order valence-corrected chi connectivity index (χ1v) is 7.37. The number of benzene rings is 1. The number of ether oxygens (including phenoxy) is 1. The summed E-state index contributed by atoms with van der Waals surface area (Å²) in [6.45, 7) is 11.2. The monoisotopic (exact) mass is 285 g/mol. The van der Waals surface area contributed by atoms with Crippen LogP contribution in [0.25, 0.3) is 0 Å². The van der Waals surface area contributed by atoms with Crippen LogP contribution in [0.5, 0.6) is 11.6 Å². The van der Waals surface area contributed by atoms with Gasteiger partial charge in [0.15, 0.2) is 0 Å². The van der Waals surface area contributed by atoms with Crippen molar-refractivity contribution in [3.05, 3.63) is 41.1 Å². The largest absolute Gasteiger partial charge is 0.439 e. The Morgan fingerprint density at radius 3 is 2.57 bits per heavy atom. The van der Waals surface area contributed by atoms with Gasteiger partial charge in [0.25, 0.3) is 0 Å². The molecule has 4 nitrogen and oxygen atoms in total. The summed E-state index contributed by atoms with van der Waals surface area (Å²) in [5.74, 6) is 2.51. The Hall–Kier alpha value is -2.10. The van der Waals surface area contributed by atoms with Crippen LogP contribution in [-0.4, -0.2) is 16.5 Å². The number of hydrogen-bond donors (Lipinski definition) is 1. The molecule has 2 rings (SSSR count). The Kier molecular flexibility index (Phi) is 4.78. The highest BCUT2D eigenvalue weighted by Crippen LogP contribution is 2.27. The summed E-state index contributed by atoms with van der Waals surface area (Å²) in [4.78, 5) is 8.62. The van der Waals surface area contributed by atoms with E-state index in [9.17, 15) is 0 Å². The van der Waals surface area contributed by atoms with Crippen molar-refractivity contribution >= 4 is 5.95 Å². The van der Waals surface area contributed by atoms with Crippen LogP contribution in [0, 0.1) is 13.8 Å². The molecule has 0 unspecified atom stereocenters. The summed E-state index contributed by atoms with van der Waals surface area (Å²) in [6.07, 6.45) is 1.77. The number of nitrogens with one attached hydrogen (secondary N) is 1. The van der Waals surface area contributed by atoms with E-state index in [0.717, 1.165) is 17.9 Å². The number of hydrogen-bond acceptors (Lipinski definition) is 4. The molecule has 4 heteroatoms. The number of aryl methyl sites for hydroxylation is 2. The zero-order valence-electron chi connectivity index (χ0n) is 13.4. The van der Waals surface area contributed by atoms with Crippen molar-refractivity contribution in [1.29, 1.82) is 0 Å². The van der Waals surface area contributed by atoms with Crippen molar-refractivity contribution in [3.63, 3.8) is 0 Å². The van der Waals surface area contributed by atoms with E-state index >= 15 is 0 Å².